The summed E-state index contributed by atoms with van der Waals surface area (Å²) in [6.45, 7) is 3.90. The molecule has 0 saturated carbocycles. The van der Waals surface area contributed by atoms with Crippen molar-refractivity contribution >= 4 is 0 Å². The third kappa shape index (κ3) is 10.0. The van der Waals surface area contributed by atoms with Gasteiger partial charge in [0.15, 0.2) is 5.82 Å². The Bertz CT molecular complexity index is 649. The van der Waals surface area contributed by atoms with Crippen molar-refractivity contribution in [3.63, 3.8) is 0 Å². The Morgan fingerprint density at radius 3 is 1.90 bits per heavy atom. The number of rotatable bonds is 15. The first kappa shape index (κ1) is 23.5. The summed E-state index contributed by atoms with van der Waals surface area (Å²) in [6.07, 6.45) is 18.8. The highest BCUT2D eigenvalue weighted by atomic mass is 19.1. The minimum atomic E-state index is -0.687. The summed E-state index contributed by atoms with van der Waals surface area (Å²) < 4.78 is 12.8. The highest BCUT2D eigenvalue weighted by Crippen LogP contribution is 2.18. The normalized spacial score (nSPS) is 12.2. The van der Waals surface area contributed by atoms with Crippen LogP contribution in [-0.2, 0) is 12.8 Å². The quantitative estimate of drug-likeness (QED) is 0.285. The maximum absolute atomic E-state index is 12.8. The molecule has 0 fully saturated rings. The Hall–Kier alpha value is -1.77. The monoisotopic (exact) mass is 398 g/mol. The molecule has 0 amide bonds. The van der Waals surface area contributed by atoms with E-state index in [9.17, 15) is 4.39 Å². The molecular weight excluding hydrogens is 359 g/mol. The molecule has 0 saturated heterocycles. The molecule has 2 nitrogen and oxygen atoms in total. The number of nitrogens with zero attached hydrogens (tertiary/aromatic N) is 2. The summed E-state index contributed by atoms with van der Waals surface area (Å²) in [4.78, 5) is 9.14. The minimum absolute atomic E-state index is 0.664. The van der Waals surface area contributed by atoms with Crippen LogP contribution < -0.4 is 0 Å². The lowest BCUT2D eigenvalue weighted by Crippen LogP contribution is -1.95. The standard InChI is InChI=1S/C26H39FN2/c1-3-4-5-6-7-8-9-10-15-24-20-28-26(29-21-24)25-18-16-23(17-19-25)14-12-11-13-22(2)27/h16-22H,3-15H2,1-2H3. The van der Waals surface area contributed by atoms with Crippen molar-refractivity contribution in [2.45, 2.75) is 103 Å². The lowest BCUT2D eigenvalue weighted by atomic mass is 10.0. The van der Waals surface area contributed by atoms with Gasteiger partial charge in [0.05, 0.1) is 6.17 Å². The number of aryl methyl sites for hydroxylation is 2. The molecule has 0 aliphatic carbocycles. The van der Waals surface area contributed by atoms with Gasteiger partial charge in [-0.25, -0.2) is 14.4 Å². The van der Waals surface area contributed by atoms with Crippen molar-refractivity contribution in [3.8, 4) is 11.4 Å². The van der Waals surface area contributed by atoms with Crippen LogP contribution in [0.3, 0.4) is 0 Å². The van der Waals surface area contributed by atoms with Gasteiger partial charge in [-0.1, -0.05) is 82.6 Å². The van der Waals surface area contributed by atoms with Gasteiger partial charge in [-0.3, -0.25) is 0 Å². The van der Waals surface area contributed by atoms with Crippen LogP contribution in [0, 0.1) is 0 Å². The number of halogens is 1. The summed E-state index contributed by atoms with van der Waals surface area (Å²) in [7, 11) is 0. The highest BCUT2D eigenvalue weighted by Gasteiger charge is 2.03. The fourth-order valence-corrected chi connectivity index (χ4v) is 3.67. The number of aromatic nitrogens is 2. The van der Waals surface area contributed by atoms with E-state index in [2.05, 4.69) is 41.2 Å². The Morgan fingerprint density at radius 2 is 1.28 bits per heavy atom. The Kier molecular flexibility index (Phi) is 11.6. The second-order valence-corrected chi connectivity index (χ2v) is 8.36. The topological polar surface area (TPSA) is 25.8 Å². The van der Waals surface area contributed by atoms with Crippen LogP contribution in [0.25, 0.3) is 11.4 Å². The van der Waals surface area contributed by atoms with E-state index < -0.39 is 6.17 Å². The molecule has 0 spiro atoms. The van der Waals surface area contributed by atoms with Gasteiger partial charge in [0, 0.05) is 18.0 Å². The molecule has 2 rings (SSSR count). The molecule has 3 heteroatoms. The van der Waals surface area contributed by atoms with Gasteiger partial charge in [-0.15, -0.1) is 0 Å². The lowest BCUT2D eigenvalue weighted by molar-refractivity contribution is 0.331. The summed E-state index contributed by atoms with van der Waals surface area (Å²) >= 11 is 0. The van der Waals surface area contributed by atoms with Crippen LogP contribution in [0.2, 0.25) is 0 Å². The fourth-order valence-electron chi connectivity index (χ4n) is 3.67. The van der Waals surface area contributed by atoms with Crippen LogP contribution >= 0.6 is 0 Å². The van der Waals surface area contributed by atoms with E-state index in [-0.39, 0.29) is 0 Å². The van der Waals surface area contributed by atoms with Gasteiger partial charge in [0.1, 0.15) is 0 Å². The lowest BCUT2D eigenvalue weighted by Gasteiger charge is -2.06. The first-order valence-electron chi connectivity index (χ1n) is 11.7. The first-order chi connectivity index (χ1) is 14.2. The molecule has 1 atom stereocenters. The van der Waals surface area contributed by atoms with Crippen LogP contribution in [0.15, 0.2) is 36.7 Å². The number of benzene rings is 1. The molecule has 2 aromatic rings. The van der Waals surface area contributed by atoms with Crippen molar-refractivity contribution in [1.82, 2.24) is 9.97 Å². The zero-order valence-electron chi connectivity index (χ0n) is 18.5. The van der Waals surface area contributed by atoms with Crippen molar-refractivity contribution in [3.05, 3.63) is 47.8 Å². The summed E-state index contributed by atoms with van der Waals surface area (Å²) in [5, 5.41) is 0. The van der Waals surface area contributed by atoms with Gasteiger partial charge in [0.2, 0.25) is 0 Å². The molecule has 1 aromatic heterocycles. The van der Waals surface area contributed by atoms with E-state index in [0.29, 0.717) is 6.42 Å². The van der Waals surface area contributed by atoms with Crippen LogP contribution in [0.5, 0.6) is 0 Å². The van der Waals surface area contributed by atoms with Gasteiger partial charge in [-0.2, -0.15) is 0 Å². The average Bonchev–Trinajstić information content (AvgIpc) is 2.74. The SMILES string of the molecule is CCCCCCCCCCc1cnc(-c2ccc(CCCCC(C)F)cc2)nc1. The van der Waals surface area contributed by atoms with E-state index in [1.807, 2.05) is 12.4 Å². The maximum atomic E-state index is 12.8. The van der Waals surface area contributed by atoms with Crippen molar-refractivity contribution in [2.24, 2.45) is 0 Å². The molecule has 0 bridgehead atoms. The number of hydrogen-bond donors (Lipinski definition) is 0. The van der Waals surface area contributed by atoms with Gasteiger partial charge < -0.3 is 0 Å². The maximum Gasteiger partial charge on any atom is 0.159 e. The van der Waals surface area contributed by atoms with E-state index in [0.717, 1.165) is 37.1 Å². The average molecular weight is 399 g/mol. The van der Waals surface area contributed by atoms with Gasteiger partial charge >= 0.3 is 0 Å². The molecule has 29 heavy (non-hydrogen) atoms. The third-order valence-corrected chi connectivity index (χ3v) is 5.55. The molecule has 160 valence electrons. The van der Waals surface area contributed by atoms with Crippen LogP contribution in [0.4, 0.5) is 4.39 Å². The number of unbranched alkanes of at least 4 members (excludes halogenated alkanes) is 8. The summed E-state index contributed by atoms with van der Waals surface area (Å²) in [5.74, 6) is 0.794. The summed E-state index contributed by atoms with van der Waals surface area (Å²) in [5.41, 5.74) is 3.59. The smallest absolute Gasteiger partial charge is 0.159 e. The molecule has 0 aliphatic heterocycles. The van der Waals surface area contributed by atoms with E-state index >= 15 is 0 Å². The van der Waals surface area contributed by atoms with E-state index in [1.54, 1.807) is 6.92 Å². The highest BCUT2D eigenvalue weighted by molar-refractivity contribution is 5.55. The fraction of sp³-hybridized carbons (Fsp3) is 0.615. The number of hydrogen-bond acceptors (Lipinski definition) is 2. The largest absolute Gasteiger partial charge is 0.248 e. The zero-order chi connectivity index (χ0) is 20.7. The zero-order valence-corrected chi connectivity index (χ0v) is 18.5. The molecule has 1 unspecified atom stereocenters. The number of alkyl halides is 1. The van der Waals surface area contributed by atoms with Crippen molar-refractivity contribution in [1.29, 1.82) is 0 Å². The second-order valence-electron chi connectivity index (χ2n) is 8.36. The molecule has 0 radical (unpaired) electrons. The Balaban J connectivity index is 1.68. The summed E-state index contributed by atoms with van der Waals surface area (Å²) in [6, 6.07) is 8.49. The predicted molar refractivity (Wildman–Crippen MR) is 122 cm³/mol. The second kappa shape index (κ2) is 14.3. The molecule has 1 aromatic carbocycles. The van der Waals surface area contributed by atoms with Crippen molar-refractivity contribution < 1.29 is 4.39 Å². The third-order valence-electron chi connectivity index (χ3n) is 5.55. The molecule has 0 aliphatic rings. The van der Waals surface area contributed by atoms with Gasteiger partial charge in [-0.05, 0) is 50.2 Å². The van der Waals surface area contributed by atoms with Crippen LogP contribution in [0.1, 0.15) is 95.6 Å². The Morgan fingerprint density at radius 1 is 0.724 bits per heavy atom. The van der Waals surface area contributed by atoms with Gasteiger partial charge in [0.25, 0.3) is 0 Å². The Labute approximate surface area is 177 Å². The molecule has 0 N–H and O–H groups in total. The minimum Gasteiger partial charge on any atom is -0.248 e. The van der Waals surface area contributed by atoms with E-state index in [4.69, 9.17) is 0 Å². The molecular formula is C26H39FN2. The predicted octanol–water partition coefficient (Wildman–Crippen LogP) is 7.90. The molecule has 1 heterocycles. The van der Waals surface area contributed by atoms with Crippen LogP contribution in [-0.4, -0.2) is 16.1 Å². The van der Waals surface area contributed by atoms with E-state index in [1.165, 1.54) is 62.5 Å². The first-order valence-corrected chi connectivity index (χ1v) is 11.7. The van der Waals surface area contributed by atoms with Crippen molar-refractivity contribution in [2.75, 3.05) is 0 Å².